The summed E-state index contributed by atoms with van der Waals surface area (Å²) in [5.41, 5.74) is 5.89. The van der Waals surface area contributed by atoms with E-state index in [1.54, 1.807) is 5.57 Å². The molecular weight excluding hydrogens is 256 g/mol. The number of hydrogen-bond acceptors (Lipinski definition) is 1. The van der Waals surface area contributed by atoms with Crippen LogP contribution in [0.5, 0.6) is 0 Å². The van der Waals surface area contributed by atoms with E-state index < -0.39 is 0 Å². The number of fused-ring (bicyclic) bond motifs is 1. The van der Waals surface area contributed by atoms with Crippen molar-refractivity contribution >= 4 is 0 Å². The molecule has 0 N–H and O–H groups in total. The third kappa shape index (κ3) is 4.62. The van der Waals surface area contributed by atoms with Gasteiger partial charge in [0.15, 0.2) is 0 Å². The maximum atomic E-state index is 5.54. The Bertz CT molecular complexity index is 500. The molecule has 1 aliphatic rings. The van der Waals surface area contributed by atoms with Crippen molar-refractivity contribution in [2.45, 2.75) is 72.1 Å². The van der Waals surface area contributed by atoms with Crippen LogP contribution >= 0.6 is 0 Å². The Balaban J connectivity index is 2.12. The molecule has 1 aromatic heterocycles. The number of allylic oxidation sites excluding steroid dienone is 4. The lowest BCUT2D eigenvalue weighted by atomic mass is 9.80. The van der Waals surface area contributed by atoms with Crippen LogP contribution in [0.15, 0.2) is 40.2 Å². The summed E-state index contributed by atoms with van der Waals surface area (Å²) >= 11 is 0. The maximum Gasteiger partial charge on any atom is 0.0940 e. The van der Waals surface area contributed by atoms with E-state index in [-0.39, 0.29) is 0 Å². The fraction of sp³-hybridized carbons (Fsp3) is 0.600. The van der Waals surface area contributed by atoms with Crippen molar-refractivity contribution in [3.05, 3.63) is 47.0 Å². The summed E-state index contributed by atoms with van der Waals surface area (Å²) < 4.78 is 5.54. The Morgan fingerprint density at radius 1 is 1.33 bits per heavy atom. The number of hydrogen-bond donors (Lipinski definition) is 0. The van der Waals surface area contributed by atoms with E-state index in [4.69, 9.17) is 4.42 Å². The van der Waals surface area contributed by atoms with Gasteiger partial charge in [-0.15, -0.1) is 0 Å². The molecule has 0 saturated heterocycles. The predicted octanol–water partition coefficient (Wildman–Crippen LogP) is 6.42. The molecule has 1 aliphatic carbocycles. The second-order valence-electron chi connectivity index (χ2n) is 6.92. The van der Waals surface area contributed by atoms with Crippen LogP contribution in [-0.4, -0.2) is 0 Å². The quantitative estimate of drug-likeness (QED) is 0.582. The molecule has 1 heterocycles. The zero-order valence-corrected chi connectivity index (χ0v) is 14.1. The predicted molar refractivity (Wildman–Crippen MR) is 90.6 cm³/mol. The summed E-state index contributed by atoms with van der Waals surface area (Å²) in [6, 6.07) is 0. The Morgan fingerprint density at radius 3 is 2.90 bits per heavy atom. The first-order chi connectivity index (χ1) is 10.1. The molecule has 0 spiro atoms. The first kappa shape index (κ1) is 16.1. The minimum absolute atomic E-state index is 0.644. The van der Waals surface area contributed by atoms with Crippen LogP contribution < -0.4 is 0 Å². The molecule has 0 amide bonds. The van der Waals surface area contributed by atoms with Crippen LogP contribution in [0, 0.1) is 5.92 Å². The molecule has 0 saturated carbocycles. The third-order valence-electron chi connectivity index (χ3n) is 4.79. The molecule has 0 bridgehead atoms. The zero-order chi connectivity index (χ0) is 15.2. The van der Waals surface area contributed by atoms with Gasteiger partial charge in [0.25, 0.3) is 0 Å². The van der Waals surface area contributed by atoms with E-state index >= 15 is 0 Å². The van der Waals surface area contributed by atoms with Gasteiger partial charge in [-0.25, -0.2) is 0 Å². The van der Waals surface area contributed by atoms with Crippen LogP contribution in [0.4, 0.5) is 0 Å². The van der Waals surface area contributed by atoms with Gasteiger partial charge in [0.2, 0.25) is 0 Å². The normalized spacial score (nSPS) is 23.0. The molecule has 1 nitrogen and oxygen atoms in total. The van der Waals surface area contributed by atoms with Crippen molar-refractivity contribution < 1.29 is 4.42 Å². The summed E-state index contributed by atoms with van der Waals surface area (Å²) in [5.74, 6) is 1.36. The summed E-state index contributed by atoms with van der Waals surface area (Å²) in [5, 5.41) is 0. The number of rotatable bonds is 4. The lowest BCUT2D eigenvalue weighted by Gasteiger charge is -2.24. The van der Waals surface area contributed by atoms with Crippen LogP contribution in [0.1, 0.15) is 76.8 Å². The monoisotopic (exact) mass is 286 g/mol. The highest BCUT2D eigenvalue weighted by Crippen LogP contribution is 2.37. The second kappa shape index (κ2) is 7.68. The molecular formula is C20H30O. The van der Waals surface area contributed by atoms with Gasteiger partial charge in [-0.1, -0.05) is 30.2 Å². The molecule has 0 fully saturated rings. The molecule has 0 radical (unpaired) electrons. The lowest BCUT2D eigenvalue weighted by molar-refractivity contribution is 0.405. The van der Waals surface area contributed by atoms with Crippen LogP contribution in [-0.2, 0) is 6.42 Å². The highest BCUT2D eigenvalue weighted by Gasteiger charge is 2.23. The van der Waals surface area contributed by atoms with Crippen molar-refractivity contribution in [2.75, 3.05) is 0 Å². The Morgan fingerprint density at radius 2 is 2.14 bits per heavy atom. The second-order valence-corrected chi connectivity index (χ2v) is 6.92. The SMILES string of the molecule is CC(C)=CCC[C@H](C)[C@H]1CC/C(C)=C\CCc2cocc21. The average molecular weight is 286 g/mol. The van der Waals surface area contributed by atoms with Crippen molar-refractivity contribution in [1.82, 2.24) is 0 Å². The van der Waals surface area contributed by atoms with Crippen LogP contribution in [0.2, 0.25) is 0 Å². The summed E-state index contributed by atoms with van der Waals surface area (Å²) in [6.07, 6.45) is 16.0. The fourth-order valence-corrected chi connectivity index (χ4v) is 3.40. The highest BCUT2D eigenvalue weighted by atomic mass is 16.3. The highest BCUT2D eigenvalue weighted by molar-refractivity contribution is 5.27. The van der Waals surface area contributed by atoms with E-state index in [0.29, 0.717) is 11.8 Å². The molecule has 116 valence electrons. The molecule has 1 aromatic rings. The molecule has 2 atom stereocenters. The van der Waals surface area contributed by atoms with Gasteiger partial charge < -0.3 is 4.42 Å². The fourth-order valence-electron chi connectivity index (χ4n) is 3.40. The van der Waals surface area contributed by atoms with Gasteiger partial charge in [0, 0.05) is 0 Å². The maximum absolute atomic E-state index is 5.54. The zero-order valence-electron chi connectivity index (χ0n) is 14.1. The van der Waals surface area contributed by atoms with Crippen molar-refractivity contribution in [3.63, 3.8) is 0 Å². The summed E-state index contributed by atoms with van der Waals surface area (Å²) in [7, 11) is 0. The smallest absolute Gasteiger partial charge is 0.0940 e. The first-order valence-corrected chi connectivity index (χ1v) is 8.42. The van der Waals surface area contributed by atoms with Crippen molar-refractivity contribution in [3.8, 4) is 0 Å². The number of aryl methyl sites for hydroxylation is 1. The molecule has 21 heavy (non-hydrogen) atoms. The minimum Gasteiger partial charge on any atom is -0.472 e. The minimum atomic E-state index is 0.644. The standard InChI is InChI=1S/C20H30O/c1-15(2)7-5-9-17(4)19-12-11-16(3)8-6-10-18-13-21-14-20(18)19/h7-8,13-14,17,19H,5-6,9-12H2,1-4H3/b16-8-/t17-,19+/m0/s1. The van der Waals surface area contributed by atoms with E-state index in [2.05, 4.69) is 39.8 Å². The van der Waals surface area contributed by atoms with Gasteiger partial charge >= 0.3 is 0 Å². The topological polar surface area (TPSA) is 13.1 Å². The molecule has 0 aliphatic heterocycles. The van der Waals surface area contributed by atoms with Gasteiger partial charge in [-0.3, -0.25) is 0 Å². The molecule has 0 aromatic carbocycles. The number of furan rings is 1. The molecule has 1 heteroatoms. The van der Waals surface area contributed by atoms with Crippen molar-refractivity contribution in [1.29, 1.82) is 0 Å². The molecule has 0 unspecified atom stereocenters. The first-order valence-electron chi connectivity index (χ1n) is 8.42. The van der Waals surface area contributed by atoms with Gasteiger partial charge in [0.1, 0.15) is 0 Å². The van der Waals surface area contributed by atoms with E-state index in [1.165, 1.54) is 42.4 Å². The van der Waals surface area contributed by atoms with E-state index in [0.717, 1.165) is 12.8 Å². The lowest BCUT2D eigenvalue weighted by Crippen LogP contribution is -2.11. The van der Waals surface area contributed by atoms with Gasteiger partial charge in [-0.2, -0.15) is 0 Å². The van der Waals surface area contributed by atoms with Gasteiger partial charge in [0.05, 0.1) is 12.5 Å². The largest absolute Gasteiger partial charge is 0.472 e. The van der Waals surface area contributed by atoms with E-state index in [1.807, 2.05) is 12.5 Å². The third-order valence-corrected chi connectivity index (χ3v) is 4.79. The Hall–Kier alpha value is -1.24. The summed E-state index contributed by atoms with van der Waals surface area (Å²) in [4.78, 5) is 0. The molecule has 2 rings (SSSR count). The summed E-state index contributed by atoms with van der Waals surface area (Å²) in [6.45, 7) is 9.07. The van der Waals surface area contributed by atoms with E-state index in [9.17, 15) is 0 Å². The van der Waals surface area contributed by atoms with Crippen LogP contribution in [0.3, 0.4) is 0 Å². The average Bonchev–Trinajstić information content (AvgIpc) is 2.87. The van der Waals surface area contributed by atoms with Crippen LogP contribution in [0.25, 0.3) is 0 Å². The van der Waals surface area contributed by atoms with Gasteiger partial charge in [-0.05, 0) is 82.3 Å². The Kier molecular flexibility index (Phi) is 5.90. The van der Waals surface area contributed by atoms with Crippen molar-refractivity contribution in [2.24, 2.45) is 5.92 Å². The Labute approximate surface area is 130 Å².